The molecular weight excluding hydrogens is 462 g/mol. The van der Waals surface area contributed by atoms with Gasteiger partial charge >= 0.3 is 0 Å². The molecule has 33 heavy (non-hydrogen) atoms. The van der Waals surface area contributed by atoms with Crippen LogP contribution in [0.1, 0.15) is 37.3 Å². The molecule has 0 bridgehead atoms. The third-order valence-corrected chi connectivity index (χ3v) is 7.43. The van der Waals surface area contributed by atoms with Crippen LogP contribution in [0.3, 0.4) is 0 Å². The second kappa shape index (κ2) is 11.2. The highest BCUT2D eigenvalue weighted by Crippen LogP contribution is 2.31. The van der Waals surface area contributed by atoms with Crippen LogP contribution in [-0.2, 0) is 27.9 Å². The third-order valence-electron chi connectivity index (χ3n) is 5.89. The molecule has 3 rings (SSSR count). The van der Waals surface area contributed by atoms with Crippen molar-refractivity contribution < 1.29 is 17.9 Å². The van der Waals surface area contributed by atoms with E-state index < -0.39 is 16.1 Å². The van der Waals surface area contributed by atoms with Gasteiger partial charge in [0.2, 0.25) is 15.9 Å². The van der Waals surface area contributed by atoms with E-state index in [1.54, 1.807) is 19.1 Å². The molecule has 1 fully saturated rings. The van der Waals surface area contributed by atoms with E-state index in [1.165, 1.54) is 38.0 Å². The number of carbonyl (C=O) groups excluding carboxylic acids is 1. The Balaban J connectivity index is 1.73. The Labute approximate surface area is 201 Å². The maximum Gasteiger partial charge on any atom is 0.243 e. The summed E-state index contributed by atoms with van der Waals surface area (Å²) in [5.41, 5.74) is 2.51. The van der Waals surface area contributed by atoms with Crippen LogP contribution in [-0.4, -0.2) is 51.7 Å². The number of rotatable bonds is 9. The summed E-state index contributed by atoms with van der Waals surface area (Å²) in [5, 5.41) is 3.18. The number of nitrogens with zero attached hydrogens (tertiary/aromatic N) is 2. The molecule has 0 unspecified atom stereocenters. The minimum atomic E-state index is -3.74. The summed E-state index contributed by atoms with van der Waals surface area (Å²) < 4.78 is 31.3. The van der Waals surface area contributed by atoms with Gasteiger partial charge in [-0.15, -0.1) is 0 Å². The second-order valence-electron chi connectivity index (χ2n) is 8.38. The predicted molar refractivity (Wildman–Crippen MR) is 132 cm³/mol. The zero-order valence-corrected chi connectivity index (χ0v) is 21.0. The van der Waals surface area contributed by atoms with Gasteiger partial charge in [-0.25, -0.2) is 8.42 Å². The maximum atomic E-state index is 13.0. The fraction of sp³-hybridized carbons (Fsp3) is 0.458. The van der Waals surface area contributed by atoms with E-state index in [2.05, 4.69) is 16.3 Å². The molecule has 2 aromatic rings. The quantitative estimate of drug-likeness (QED) is 0.574. The summed E-state index contributed by atoms with van der Waals surface area (Å²) in [4.78, 5) is 15.4. The lowest BCUT2D eigenvalue weighted by atomic mass is 10.0. The first-order chi connectivity index (χ1) is 15.7. The summed E-state index contributed by atoms with van der Waals surface area (Å²) >= 11 is 6.20. The van der Waals surface area contributed by atoms with Crippen molar-refractivity contribution in [1.82, 2.24) is 10.2 Å². The van der Waals surface area contributed by atoms with Gasteiger partial charge in [-0.2, -0.15) is 0 Å². The van der Waals surface area contributed by atoms with Crippen LogP contribution in [0.4, 0.5) is 5.69 Å². The Bertz CT molecular complexity index is 1070. The Morgan fingerprint density at radius 2 is 1.82 bits per heavy atom. The fourth-order valence-corrected chi connectivity index (χ4v) is 5.59. The summed E-state index contributed by atoms with van der Waals surface area (Å²) in [5.74, 6) is 0.0384. The van der Waals surface area contributed by atoms with Crippen LogP contribution in [0.15, 0.2) is 42.5 Å². The van der Waals surface area contributed by atoms with Gasteiger partial charge in [0, 0.05) is 13.1 Å². The highest BCUT2D eigenvalue weighted by Gasteiger charge is 2.29. The first-order valence-electron chi connectivity index (χ1n) is 11.1. The molecule has 7 nitrogen and oxygen atoms in total. The van der Waals surface area contributed by atoms with E-state index in [9.17, 15) is 13.2 Å². The van der Waals surface area contributed by atoms with Gasteiger partial charge in [-0.1, -0.05) is 42.3 Å². The molecule has 180 valence electrons. The number of anilines is 1. The van der Waals surface area contributed by atoms with Gasteiger partial charge in [0.25, 0.3) is 0 Å². The van der Waals surface area contributed by atoms with Gasteiger partial charge in [-0.05, 0) is 62.2 Å². The maximum absolute atomic E-state index is 13.0. The third kappa shape index (κ3) is 6.62. The first-order valence-corrected chi connectivity index (χ1v) is 13.3. The Morgan fingerprint density at radius 1 is 1.15 bits per heavy atom. The molecule has 1 atom stereocenters. The van der Waals surface area contributed by atoms with Gasteiger partial charge in [0.05, 0.1) is 24.1 Å². The highest BCUT2D eigenvalue weighted by molar-refractivity contribution is 7.92. The molecule has 2 aromatic carbocycles. The van der Waals surface area contributed by atoms with Crippen molar-refractivity contribution in [1.29, 1.82) is 0 Å². The zero-order valence-electron chi connectivity index (χ0n) is 19.4. The number of piperidine rings is 1. The molecule has 1 heterocycles. The molecule has 0 aliphatic carbocycles. The van der Waals surface area contributed by atoms with Crippen molar-refractivity contribution in [3.63, 3.8) is 0 Å². The van der Waals surface area contributed by atoms with Crippen LogP contribution >= 0.6 is 11.6 Å². The smallest absolute Gasteiger partial charge is 0.243 e. The molecule has 1 aliphatic rings. The van der Waals surface area contributed by atoms with Crippen LogP contribution in [0, 0.1) is 0 Å². The van der Waals surface area contributed by atoms with Crippen LogP contribution in [0.5, 0.6) is 5.75 Å². The number of benzene rings is 2. The Morgan fingerprint density at radius 3 is 2.42 bits per heavy atom. The zero-order chi connectivity index (χ0) is 24.0. The number of nitrogens with one attached hydrogen (secondary N) is 1. The van der Waals surface area contributed by atoms with Crippen LogP contribution in [0.2, 0.25) is 5.02 Å². The lowest BCUT2D eigenvalue weighted by molar-refractivity contribution is -0.122. The van der Waals surface area contributed by atoms with E-state index in [0.29, 0.717) is 18.0 Å². The number of ether oxygens (including phenoxy) is 1. The van der Waals surface area contributed by atoms with Crippen molar-refractivity contribution in [3.05, 3.63) is 58.6 Å². The molecular formula is C24H32ClN3O4S. The van der Waals surface area contributed by atoms with Gasteiger partial charge in [-0.3, -0.25) is 14.0 Å². The fourth-order valence-electron chi connectivity index (χ4n) is 4.17. The highest BCUT2D eigenvalue weighted by atomic mass is 35.5. The Kier molecular flexibility index (Phi) is 8.62. The van der Waals surface area contributed by atoms with Gasteiger partial charge < -0.3 is 10.1 Å². The van der Waals surface area contributed by atoms with E-state index >= 15 is 0 Å². The van der Waals surface area contributed by atoms with E-state index in [4.69, 9.17) is 16.3 Å². The summed E-state index contributed by atoms with van der Waals surface area (Å²) in [6.07, 6.45) is 4.78. The minimum absolute atomic E-state index is 0.267. The number of hydrogen-bond acceptors (Lipinski definition) is 5. The molecule has 1 N–H and O–H groups in total. The number of methoxy groups -OCH3 is 1. The van der Waals surface area contributed by atoms with E-state index in [-0.39, 0.29) is 10.9 Å². The SMILES string of the molecule is COc1ccc(N([C@@H](C)C(=O)NCc2ccccc2CN2CCCCC2)S(C)(=O)=O)cc1Cl. The largest absolute Gasteiger partial charge is 0.495 e. The topological polar surface area (TPSA) is 79.0 Å². The van der Waals surface area contributed by atoms with Crippen LogP contribution in [0.25, 0.3) is 0 Å². The molecule has 1 saturated heterocycles. The summed E-state index contributed by atoms with van der Waals surface area (Å²) in [6, 6.07) is 11.7. The standard InChI is InChI=1S/C24H32ClN3O4S/c1-18(28(33(3,30)31)21-11-12-23(32-2)22(25)15-21)24(29)26-16-19-9-5-6-10-20(19)17-27-13-7-4-8-14-27/h5-6,9-12,15,18H,4,7-8,13-14,16-17H2,1-3H3,(H,26,29)/t18-/m0/s1. The number of amides is 1. The summed E-state index contributed by atoms with van der Waals surface area (Å²) in [6.45, 7) is 4.92. The summed E-state index contributed by atoms with van der Waals surface area (Å²) in [7, 11) is -2.26. The molecule has 1 aliphatic heterocycles. The number of carbonyl (C=O) groups is 1. The molecule has 1 amide bonds. The van der Waals surface area contributed by atoms with Crippen molar-refractivity contribution in [2.75, 3.05) is 30.8 Å². The second-order valence-corrected chi connectivity index (χ2v) is 10.6. The van der Waals surface area contributed by atoms with Gasteiger partial charge in [0.1, 0.15) is 11.8 Å². The van der Waals surface area contributed by atoms with E-state index in [1.807, 2.05) is 18.2 Å². The van der Waals surface area contributed by atoms with Crippen molar-refractivity contribution in [2.24, 2.45) is 0 Å². The normalized spacial score (nSPS) is 15.6. The van der Waals surface area contributed by atoms with Crippen molar-refractivity contribution in [2.45, 2.75) is 45.3 Å². The number of hydrogen-bond donors (Lipinski definition) is 1. The lowest BCUT2D eigenvalue weighted by Gasteiger charge is -2.29. The van der Waals surface area contributed by atoms with Crippen molar-refractivity contribution in [3.8, 4) is 5.75 Å². The van der Waals surface area contributed by atoms with Crippen molar-refractivity contribution >= 4 is 33.2 Å². The lowest BCUT2D eigenvalue weighted by Crippen LogP contribution is -2.47. The van der Waals surface area contributed by atoms with E-state index in [0.717, 1.165) is 35.8 Å². The average molecular weight is 494 g/mol. The Hall–Kier alpha value is -2.29. The molecule has 9 heteroatoms. The number of likely N-dealkylation sites (tertiary alicyclic amines) is 1. The monoisotopic (exact) mass is 493 g/mol. The predicted octanol–water partition coefficient (Wildman–Crippen LogP) is 3.81. The van der Waals surface area contributed by atoms with Crippen LogP contribution < -0.4 is 14.4 Å². The number of sulfonamides is 1. The molecule has 0 spiro atoms. The first kappa shape index (κ1) is 25.3. The van der Waals surface area contributed by atoms with Gasteiger partial charge in [0.15, 0.2) is 0 Å². The number of halogens is 1. The molecule has 0 saturated carbocycles. The minimum Gasteiger partial charge on any atom is -0.495 e. The average Bonchev–Trinajstić information content (AvgIpc) is 2.78. The molecule has 0 aromatic heterocycles. The molecule has 0 radical (unpaired) electrons.